The van der Waals surface area contributed by atoms with Crippen LogP contribution in [0.15, 0.2) is 0 Å². The molecule has 3 nitrogen and oxygen atoms in total. The third kappa shape index (κ3) is 4.53. The molecule has 0 bridgehead atoms. The van der Waals surface area contributed by atoms with Gasteiger partial charge in [-0.3, -0.25) is 0 Å². The fourth-order valence-corrected chi connectivity index (χ4v) is 3.08. The summed E-state index contributed by atoms with van der Waals surface area (Å²) >= 11 is 4.93. The average molecular weight is 255 g/mol. The predicted octanol–water partition coefficient (Wildman–Crippen LogP) is 1.47. The zero-order valence-electron chi connectivity index (χ0n) is 10.7. The van der Waals surface area contributed by atoms with Gasteiger partial charge in [-0.2, -0.15) is 0 Å². The van der Waals surface area contributed by atoms with Crippen molar-refractivity contribution in [1.29, 1.82) is 0 Å². The Morgan fingerprint density at radius 3 is 2.29 bits per heavy atom. The van der Waals surface area contributed by atoms with Gasteiger partial charge in [0.05, 0.1) is 4.99 Å². The summed E-state index contributed by atoms with van der Waals surface area (Å²) < 4.78 is 0. The molecule has 0 amide bonds. The Balaban J connectivity index is 1.61. The monoisotopic (exact) mass is 255 g/mol. The maximum absolute atomic E-state index is 5.54. The standard InChI is InChI=1S/C13H25N3S/c14-13(17)5-10-15-8-3-12(4-9-15)11-16-6-1-2-7-16/h12H,1-11H2,(H2,14,17). The first-order valence-electron chi connectivity index (χ1n) is 6.97. The van der Waals surface area contributed by atoms with E-state index in [2.05, 4.69) is 9.80 Å². The van der Waals surface area contributed by atoms with Crippen LogP contribution in [0.25, 0.3) is 0 Å². The van der Waals surface area contributed by atoms with Crippen LogP contribution in [0.4, 0.5) is 0 Å². The van der Waals surface area contributed by atoms with Crippen LogP contribution in [-0.2, 0) is 0 Å². The van der Waals surface area contributed by atoms with Gasteiger partial charge in [-0.1, -0.05) is 12.2 Å². The van der Waals surface area contributed by atoms with E-state index in [4.69, 9.17) is 18.0 Å². The molecule has 0 aromatic rings. The van der Waals surface area contributed by atoms with Crippen molar-refractivity contribution in [3.8, 4) is 0 Å². The minimum absolute atomic E-state index is 0.657. The molecular weight excluding hydrogens is 230 g/mol. The molecule has 17 heavy (non-hydrogen) atoms. The van der Waals surface area contributed by atoms with Crippen LogP contribution in [0.2, 0.25) is 0 Å². The van der Waals surface area contributed by atoms with Gasteiger partial charge in [-0.25, -0.2) is 0 Å². The van der Waals surface area contributed by atoms with Crippen molar-refractivity contribution in [1.82, 2.24) is 9.80 Å². The lowest BCUT2D eigenvalue weighted by atomic mass is 9.96. The molecule has 2 aliphatic rings. The highest BCUT2D eigenvalue weighted by atomic mass is 32.1. The van der Waals surface area contributed by atoms with Crippen molar-refractivity contribution in [3.05, 3.63) is 0 Å². The molecule has 2 heterocycles. The number of thiocarbonyl (C=S) groups is 1. The van der Waals surface area contributed by atoms with Crippen molar-refractivity contribution in [3.63, 3.8) is 0 Å². The molecule has 4 heteroatoms. The fourth-order valence-electron chi connectivity index (χ4n) is 2.99. The Kier molecular flexibility index (Phi) is 5.19. The first kappa shape index (κ1) is 13.2. The minimum Gasteiger partial charge on any atom is -0.393 e. The third-order valence-corrected chi connectivity index (χ3v) is 4.30. The number of likely N-dealkylation sites (tertiary alicyclic amines) is 2. The zero-order valence-corrected chi connectivity index (χ0v) is 11.6. The molecule has 0 aromatic heterocycles. The summed E-state index contributed by atoms with van der Waals surface area (Å²) in [6.45, 7) is 7.54. The molecule has 2 aliphatic heterocycles. The average Bonchev–Trinajstić information content (AvgIpc) is 2.81. The summed E-state index contributed by atoms with van der Waals surface area (Å²) in [5.74, 6) is 0.925. The van der Waals surface area contributed by atoms with Crippen LogP contribution < -0.4 is 5.73 Å². The first-order valence-corrected chi connectivity index (χ1v) is 7.38. The Hall–Kier alpha value is -0.190. The lowest BCUT2D eigenvalue weighted by Crippen LogP contribution is -2.39. The van der Waals surface area contributed by atoms with E-state index in [1.54, 1.807) is 0 Å². The van der Waals surface area contributed by atoms with Crippen molar-refractivity contribution in [2.75, 3.05) is 39.3 Å². The molecule has 0 atom stereocenters. The maximum Gasteiger partial charge on any atom is 0.0740 e. The van der Waals surface area contributed by atoms with E-state index in [1.807, 2.05) is 0 Å². The van der Waals surface area contributed by atoms with Gasteiger partial charge < -0.3 is 15.5 Å². The molecule has 0 saturated carbocycles. The Labute approximate surface area is 110 Å². The van der Waals surface area contributed by atoms with E-state index in [9.17, 15) is 0 Å². The van der Waals surface area contributed by atoms with Crippen LogP contribution in [0.3, 0.4) is 0 Å². The van der Waals surface area contributed by atoms with Gasteiger partial charge in [0.1, 0.15) is 0 Å². The third-order valence-electron chi connectivity index (χ3n) is 4.10. The highest BCUT2D eigenvalue weighted by Gasteiger charge is 2.22. The van der Waals surface area contributed by atoms with Crippen LogP contribution >= 0.6 is 12.2 Å². The summed E-state index contributed by atoms with van der Waals surface area (Å²) in [6.07, 6.45) is 6.41. The largest absolute Gasteiger partial charge is 0.393 e. The topological polar surface area (TPSA) is 32.5 Å². The molecular formula is C13H25N3S. The first-order chi connectivity index (χ1) is 8.24. The van der Waals surface area contributed by atoms with E-state index < -0.39 is 0 Å². The SMILES string of the molecule is NC(=S)CCN1CCC(CN2CCCC2)CC1. The molecule has 0 aliphatic carbocycles. The van der Waals surface area contributed by atoms with E-state index in [-0.39, 0.29) is 0 Å². The maximum atomic E-state index is 5.54. The van der Waals surface area contributed by atoms with Crippen molar-refractivity contribution < 1.29 is 0 Å². The molecule has 2 fully saturated rings. The number of nitrogens with two attached hydrogens (primary N) is 1. The molecule has 2 N–H and O–H groups in total. The van der Waals surface area contributed by atoms with E-state index >= 15 is 0 Å². The van der Waals surface area contributed by atoms with Gasteiger partial charge in [0.2, 0.25) is 0 Å². The van der Waals surface area contributed by atoms with Gasteiger partial charge in [-0.05, 0) is 57.8 Å². The van der Waals surface area contributed by atoms with Crippen LogP contribution in [0, 0.1) is 5.92 Å². The van der Waals surface area contributed by atoms with Gasteiger partial charge in [0.25, 0.3) is 0 Å². The van der Waals surface area contributed by atoms with E-state index in [1.165, 1.54) is 58.4 Å². The number of hydrogen-bond acceptors (Lipinski definition) is 3. The summed E-state index contributed by atoms with van der Waals surface area (Å²) in [5.41, 5.74) is 5.54. The van der Waals surface area contributed by atoms with E-state index in [0.29, 0.717) is 4.99 Å². The van der Waals surface area contributed by atoms with Gasteiger partial charge >= 0.3 is 0 Å². The van der Waals surface area contributed by atoms with Crippen molar-refractivity contribution >= 4 is 17.2 Å². The summed E-state index contributed by atoms with van der Waals surface area (Å²) in [5, 5.41) is 0. The van der Waals surface area contributed by atoms with Crippen LogP contribution in [0.5, 0.6) is 0 Å². The van der Waals surface area contributed by atoms with Gasteiger partial charge in [0.15, 0.2) is 0 Å². The molecule has 0 unspecified atom stereocenters. The minimum atomic E-state index is 0.657. The number of nitrogens with zero attached hydrogens (tertiary/aromatic N) is 2. The normalized spacial score (nSPS) is 24.2. The summed E-state index contributed by atoms with van der Waals surface area (Å²) in [4.78, 5) is 5.82. The number of hydrogen-bond donors (Lipinski definition) is 1. The smallest absolute Gasteiger partial charge is 0.0740 e. The zero-order chi connectivity index (χ0) is 12.1. The quantitative estimate of drug-likeness (QED) is 0.754. The molecule has 0 aromatic carbocycles. The van der Waals surface area contributed by atoms with E-state index in [0.717, 1.165) is 18.9 Å². The Bertz CT molecular complexity index is 243. The van der Waals surface area contributed by atoms with Gasteiger partial charge in [-0.15, -0.1) is 0 Å². The van der Waals surface area contributed by atoms with Gasteiger partial charge in [0, 0.05) is 19.5 Å². The summed E-state index contributed by atoms with van der Waals surface area (Å²) in [7, 11) is 0. The second-order valence-corrected chi connectivity index (χ2v) is 6.03. The van der Waals surface area contributed by atoms with Crippen LogP contribution in [0.1, 0.15) is 32.1 Å². The Morgan fingerprint density at radius 1 is 1.06 bits per heavy atom. The molecule has 0 radical (unpaired) electrons. The second kappa shape index (κ2) is 6.66. The fraction of sp³-hybridized carbons (Fsp3) is 0.923. The Morgan fingerprint density at radius 2 is 1.71 bits per heavy atom. The van der Waals surface area contributed by atoms with Crippen LogP contribution in [-0.4, -0.2) is 54.1 Å². The number of rotatable bonds is 5. The van der Waals surface area contributed by atoms with Crippen molar-refractivity contribution in [2.24, 2.45) is 11.7 Å². The van der Waals surface area contributed by atoms with Crippen molar-refractivity contribution in [2.45, 2.75) is 32.1 Å². The lowest BCUT2D eigenvalue weighted by Gasteiger charge is -2.33. The predicted molar refractivity (Wildman–Crippen MR) is 76.2 cm³/mol. The molecule has 0 spiro atoms. The highest BCUT2D eigenvalue weighted by Crippen LogP contribution is 2.20. The summed E-state index contributed by atoms with van der Waals surface area (Å²) in [6, 6.07) is 0. The number of piperidine rings is 1. The highest BCUT2D eigenvalue weighted by molar-refractivity contribution is 7.80. The second-order valence-electron chi connectivity index (χ2n) is 5.51. The molecule has 2 saturated heterocycles. The molecule has 98 valence electrons. The molecule has 2 rings (SSSR count). The lowest BCUT2D eigenvalue weighted by molar-refractivity contribution is 0.157.